The third kappa shape index (κ3) is 3.94. The summed E-state index contributed by atoms with van der Waals surface area (Å²) >= 11 is 0. The molecule has 1 aromatic heterocycles. The Labute approximate surface area is 133 Å². The number of carbonyl (C=O) groups excluding carboxylic acids is 1. The fourth-order valence-electron chi connectivity index (χ4n) is 2.36. The molecule has 3 rings (SSSR count). The SMILES string of the molecule is CC(Cc1cccc(F)c1)C(=O)OC(C)c1nc(C2CC2)no1. The van der Waals surface area contributed by atoms with E-state index in [-0.39, 0.29) is 17.7 Å². The van der Waals surface area contributed by atoms with Crippen LogP contribution in [0.2, 0.25) is 0 Å². The summed E-state index contributed by atoms with van der Waals surface area (Å²) in [6.45, 7) is 3.46. The molecule has 2 atom stereocenters. The van der Waals surface area contributed by atoms with Crippen molar-refractivity contribution in [3.8, 4) is 0 Å². The number of rotatable bonds is 6. The van der Waals surface area contributed by atoms with Crippen LogP contribution in [-0.2, 0) is 16.0 Å². The van der Waals surface area contributed by atoms with Gasteiger partial charge in [-0.15, -0.1) is 0 Å². The normalized spacial score (nSPS) is 16.8. The van der Waals surface area contributed by atoms with Gasteiger partial charge < -0.3 is 9.26 Å². The van der Waals surface area contributed by atoms with E-state index in [2.05, 4.69) is 10.1 Å². The summed E-state index contributed by atoms with van der Waals surface area (Å²) in [5.41, 5.74) is 0.760. The van der Waals surface area contributed by atoms with Gasteiger partial charge in [0.1, 0.15) is 5.82 Å². The molecule has 0 saturated heterocycles. The molecule has 1 aromatic carbocycles. The fourth-order valence-corrected chi connectivity index (χ4v) is 2.36. The Bertz CT molecular complexity index is 697. The smallest absolute Gasteiger partial charge is 0.309 e. The molecule has 5 nitrogen and oxygen atoms in total. The molecule has 1 aliphatic carbocycles. The average Bonchev–Trinajstić information content (AvgIpc) is 3.24. The van der Waals surface area contributed by atoms with Gasteiger partial charge in [-0.3, -0.25) is 4.79 Å². The number of benzene rings is 1. The summed E-state index contributed by atoms with van der Waals surface area (Å²) in [6.07, 6.45) is 1.99. The lowest BCUT2D eigenvalue weighted by atomic mass is 10.0. The van der Waals surface area contributed by atoms with E-state index in [1.807, 2.05) is 0 Å². The van der Waals surface area contributed by atoms with Crippen LogP contribution in [-0.4, -0.2) is 16.1 Å². The van der Waals surface area contributed by atoms with Gasteiger partial charge in [0.05, 0.1) is 5.92 Å². The molecule has 0 bridgehead atoms. The van der Waals surface area contributed by atoms with E-state index in [1.54, 1.807) is 26.0 Å². The van der Waals surface area contributed by atoms with Crippen LogP contribution in [0.1, 0.15) is 56.0 Å². The summed E-state index contributed by atoms with van der Waals surface area (Å²) in [4.78, 5) is 16.4. The van der Waals surface area contributed by atoms with Crippen molar-refractivity contribution in [2.75, 3.05) is 0 Å². The lowest BCUT2D eigenvalue weighted by molar-refractivity contribution is -0.154. The van der Waals surface area contributed by atoms with E-state index in [9.17, 15) is 9.18 Å². The highest BCUT2D eigenvalue weighted by molar-refractivity contribution is 5.72. The van der Waals surface area contributed by atoms with Crippen molar-refractivity contribution in [3.05, 3.63) is 47.4 Å². The van der Waals surface area contributed by atoms with E-state index < -0.39 is 6.10 Å². The highest BCUT2D eigenvalue weighted by Gasteiger charge is 2.30. The third-order valence-electron chi connectivity index (χ3n) is 3.87. The first-order chi connectivity index (χ1) is 11.0. The average molecular weight is 318 g/mol. The zero-order valence-corrected chi connectivity index (χ0v) is 13.2. The quantitative estimate of drug-likeness (QED) is 0.762. The maximum atomic E-state index is 13.2. The van der Waals surface area contributed by atoms with Crippen LogP contribution in [0.5, 0.6) is 0 Å². The maximum absolute atomic E-state index is 13.2. The molecule has 122 valence electrons. The van der Waals surface area contributed by atoms with Gasteiger partial charge in [-0.25, -0.2) is 4.39 Å². The zero-order valence-electron chi connectivity index (χ0n) is 13.2. The molecule has 2 unspecified atom stereocenters. The molecule has 6 heteroatoms. The summed E-state index contributed by atoms with van der Waals surface area (Å²) in [7, 11) is 0. The highest BCUT2D eigenvalue weighted by atomic mass is 19.1. The number of halogens is 1. The van der Waals surface area contributed by atoms with E-state index in [1.165, 1.54) is 12.1 Å². The molecule has 23 heavy (non-hydrogen) atoms. The van der Waals surface area contributed by atoms with Crippen LogP contribution in [0.4, 0.5) is 4.39 Å². The third-order valence-corrected chi connectivity index (χ3v) is 3.87. The second-order valence-electron chi connectivity index (χ2n) is 6.08. The fraction of sp³-hybridized carbons (Fsp3) is 0.471. The van der Waals surface area contributed by atoms with E-state index in [0.717, 1.165) is 18.4 Å². The van der Waals surface area contributed by atoms with Gasteiger partial charge in [0.25, 0.3) is 5.89 Å². The van der Waals surface area contributed by atoms with Gasteiger partial charge in [-0.05, 0) is 43.9 Å². The topological polar surface area (TPSA) is 65.2 Å². The zero-order chi connectivity index (χ0) is 16.4. The summed E-state index contributed by atoms with van der Waals surface area (Å²) in [5, 5.41) is 3.91. The predicted octanol–water partition coefficient (Wildman–Crippen LogP) is 3.57. The van der Waals surface area contributed by atoms with E-state index in [0.29, 0.717) is 24.1 Å². The molecule has 0 radical (unpaired) electrons. The number of esters is 1. The number of carbonyl (C=O) groups is 1. The van der Waals surface area contributed by atoms with Crippen LogP contribution in [0.3, 0.4) is 0 Å². The van der Waals surface area contributed by atoms with Crippen LogP contribution in [0.25, 0.3) is 0 Å². The Hall–Kier alpha value is -2.24. The van der Waals surface area contributed by atoms with Gasteiger partial charge in [0.2, 0.25) is 0 Å². The molecular formula is C17H19FN2O3. The van der Waals surface area contributed by atoms with Gasteiger partial charge in [-0.2, -0.15) is 4.98 Å². The Balaban J connectivity index is 1.56. The number of hydrogen-bond acceptors (Lipinski definition) is 5. The number of hydrogen-bond donors (Lipinski definition) is 0. The number of aromatic nitrogens is 2. The predicted molar refractivity (Wildman–Crippen MR) is 80.0 cm³/mol. The first-order valence-corrected chi connectivity index (χ1v) is 7.81. The standard InChI is InChI=1S/C17H19FN2O3/c1-10(8-12-4-3-5-14(18)9-12)17(21)22-11(2)16-19-15(20-23-16)13-6-7-13/h3-5,9-11,13H,6-8H2,1-2H3. The van der Waals surface area contributed by atoms with Crippen molar-refractivity contribution >= 4 is 5.97 Å². The molecule has 0 amide bonds. The second-order valence-corrected chi connectivity index (χ2v) is 6.08. The minimum Gasteiger partial charge on any atom is -0.452 e. The van der Waals surface area contributed by atoms with Gasteiger partial charge >= 0.3 is 5.97 Å². The van der Waals surface area contributed by atoms with Crippen molar-refractivity contribution in [2.24, 2.45) is 5.92 Å². The summed E-state index contributed by atoms with van der Waals surface area (Å²) in [5.74, 6) is 0.337. The van der Waals surface area contributed by atoms with Gasteiger partial charge in [0, 0.05) is 5.92 Å². The molecule has 1 aliphatic rings. The first kappa shape index (κ1) is 15.6. The molecule has 1 fully saturated rings. The lowest BCUT2D eigenvalue weighted by Crippen LogP contribution is -2.19. The van der Waals surface area contributed by atoms with Crippen molar-refractivity contribution in [2.45, 2.75) is 45.1 Å². The Morgan fingerprint density at radius 1 is 1.43 bits per heavy atom. The minimum atomic E-state index is -0.586. The van der Waals surface area contributed by atoms with Crippen molar-refractivity contribution in [1.82, 2.24) is 10.1 Å². The molecule has 0 spiro atoms. The van der Waals surface area contributed by atoms with Crippen LogP contribution in [0, 0.1) is 11.7 Å². The van der Waals surface area contributed by atoms with Crippen LogP contribution in [0.15, 0.2) is 28.8 Å². The highest BCUT2D eigenvalue weighted by Crippen LogP contribution is 2.38. The van der Waals surface area contributed by atoms with Crippen molar-refractivity contribution in [1.29, 1.82) is 0 Å². The molecular weight excluding hydrogens is 299 g/mol. The van der Waals surface area contributed by atoms with Crippen molar-refractivity contribution < 1.29 is 18.4 Å². The molecule has 0 aliphatic heterocycles. The minimum absolute atomic E-state index is 0.310. The molecule has 2 aromatic rings. The molecule has 1 heterocycles. The maximum Gasteiger partial charge on any atom is 0.309 e. The number of ether oxygens (including phenoxy) is 1. The molecule has 0 N–H and O–H groups in total. The van der Waals surface area contributed by atoms with Crippen LogP contribution >= 0.6 is 0 Å². The summed E-state index contributed by atoms with van der Waals surface area (Å²) in [6, 6.07) is 6.22. The molecule has 1 saturated carbocycles. The largest absolute Gasteiger partial charge is 0.452 e. The lowest BCUT2D eigenvalue weighted by Gasteiger charge is -2.14. The van der Waals surface area contributed by atoms with Gasteiger partial charge in [-0.1, -0.05) is 24.2 Å². The van der Waals surface area contributed by atoms with E-state index >= 15 is 0 Å². The van der Waals surface area contributed by atoms with E-state index in [4.69, 9.17) is 9.26 Å². The first-order valence-electron chi connectivity index (χ1n) is 7.81. The second kappa shape index (κ2) is 6.48. The Kier molecular flexibility index (Phi) is 4.41. The Morgan fingerprint density at radius 2 is 2.22 bits per heavy atom. The van der Waals surface area contributed by atoms with Gasteiger partial charge in [0.15, 0.2) is 11.9 Å². The monoisotopic (exact) mass is 318 g/mol. The van der Waals surface area contributed by atoms with Crippen LogP contribution < -0.4 is 0 Å². The summed E-state index contributed by atoms with van der Waals surface area (Å²) < 4.78 is 23.7. The van der Waals surface area contributed by atoms with Crippen molar-refractivity contribution in [3.63, 3.8) is 0 Å². The Morgan fingerprint density at radius 3 is 2.91 bits per heavy atom. The number of nitrogens with zero attached hydrogens (tertiary/aromatic N) is 2.